The summed E-state index contributed by atoms with van der Waals surface area (Å²) >= 11 is 5.92. The second-order valence-electron chi connectivity index (χ2n) is 6.02. The molecule has 23 heavy (non-hydrogen) atoms. The van der Waals surface area contributed by atoms with Crippen LogP contribution in [0.2, 0.25) is 5.02 Å². The maximum absolute atomic E-state index is 12.2. The molecule has 0 spiro atoms. The van der Waals surface area contributed by atoms with Gasteiger partial charge in [0.2, 0.25) is 0 Å². The highest BCUT2D eigenvalue weighted by molar-refractivity contribution is 6.31. The molecule has 120 valence electrons. The molecule has 1 amide bonds. The smallest absolute Gasteiger partial charge is 0.255 e. The SMILES string of the molecule is O=C(Nc1ccc(NC2CCCCC2)cc1)c1cccc(Cl)c1. The van der Waals surface area contributed by atoms with Crippen molar-refractivity contribution < 1.29 is 4.79 Å². The summed E-state index contributed by atoms with van der Waals surface area (Å²) in [5, 5.41) is 7.02. The summed E-state index contributed by atoms with van der Waals surface area (Å²) in [6.45, 7) is 0. The Morgan fingerprint density at radius 1 is 0.957 bits per heavy atom. The van der Waals surface area contributed by atoms with Gasteiger partial charge in [-0.15, -0.1) is 0 Å². The van der Waals surface area contributed by atoms with Gasteiger partial charge >= 0.3 is 0 Å². The summed E-state index contributed by atoms with van der Waals surface area (Å²) in [7, 11) is 0. The van der Waals surface area contributed by atoms with Crippen LogP contribution in [0.15, 0.2) is 48.5 Å². The number of hydrogen-bond acceptors (Lipinski definition) is 2. The van der Waals surface area contributed by atoms with Crippen LogP contribution in [0, 0.1) is 0 Å². The van der Waals surface area contributed by atoms with Crippen LogP contribution >= 0.6 is 11.6 Å². The molecule has 2 aromatic carbocycles. The van der Waals surface area contributed by atoms with Gasteiger partial charge in [0.15, 0.2) is 0 Å². The largest absolute Gasteiger partial charge is 0.382 e. The molecule has 1 aliphatic carbocycles. The minimum absolute atomic E-state index is 0.152. The van der Waals surface area contributed by atoms with Crippen molar-refractivity contribution in [1.29, 1.82) is 0 Å². The molecule has 1 saturated carbocycles. The number of nitrogens with one attached hydrogen (secondary N) is 2. The van der Waals surface area contributed by atoms with Gasteiger partial charge in [0, 0.05) is 28.0 Å². The molecular weight excluding hydrogens is 308 g/mol. The normalized spacial score (nSPS) is 15.2. The molecule has 2 aromatic rings. The van der Waals surface area contributed by atoms with E-state index in [1.807, 2.05) is 24.3 Å². The Morgan fingerprint density at radius 3 is 2.35 bits per heavy atom. The van der Waals surface area contributed by atoms with Crippen molar-refractivity contribution in [3.63, 3.8) is 0 Å². The Kier molecular flexibility index (Phi) is 5.19. The molecule has 2 N–H and O–H groups in total. The third kappa shape index (κ3) is 4.49. The Labute approximate surface area is 142 Å². The van der Waals surface area contributed by atoms with Gasteiger partial charge in [-0.2, -0.15) is 0 Å². The molecule has 0 bridgehead atoms. The van der Waals surface area contributed by atoms with Crippen LogP contribution in [0.4, 0.5) is 11.4 Å². The molecule has 0 unspecified atom stereocenters. The number of halogens is 1. The lowest BCUT2D eigenvalue weighted by Gasteiger charge is -2.23. The number of amides is 1. The van der Waals surface area contributed by atoms with Crippen molar-refractivity contribution in [3.05, 3.63) is 59.1 Å². The second-order valence-corrected chi connectivity index (χ2v) is 6.46. The minimum Gasteiger partial charge on any atom is -0.382 e. The van der Waals surface area contributed by atoms with Crippen molar-refractivity contribution in [2.24, 2.45) is 0 Å². The lowest BCUT2D eigenvalue weighted by molar-refractivity contribution is 0.102. The van der Waals surface area contributed by atoms with Crippen LogP contribution in [0.1, 0.15) is 42.5 Å². The lowest BCUT2D eigenvalue weighted by Crippen LogP contribution is -2.22. The molecule has 3 nitrogen and oxygen atoms in total. The number of benzene rings is 2. The summed E-state index contributed by atoms with van der Waals surface area (Å²) < 4.78 is 0. The molecule has 4 heteroatoms. The maximum Gasteiger partial charge on any atom is 0.255 e. The predicted molar refractivity (Wildman–Crippen MR) is 96.3 cm³/mol. The molecule has 0 atom stereocenters. The van der Waals surface area contributed by atoms with Gasteiger partial charge < -0.3 is 10.6 Å². The fraction of sp³-hybridized carbons (Fsp3) is 0.316. The highest BCUT2D eigenvalue weighted by Crippen LogP contribution is 2.23. The van der Waals surface area contributed by atoms with E-state index in [1.165, 1.54) is 32.1 Å². The van der Waals surface area contributed by atoms with Crippen molar-refractivity contribution in [2.75, 3.05) is 10.6 Å². The fourth-order valence-corrected chi connectivity index (χ4v) is 3.16. The highest BCUT2D eigenvalue weighted by Gasteiger charge is 2.13. The first-order chi connectivity index (χ1) is 11.2. The van der Waals surface area contributed by atoms with Crippen molar-refractivity contribution >= 4 is 28.9 Å². The van der Waals surface area contributed by atoms with E-state index in [0.717, 1.165) is 11.4 Å². The monoisotopic (exact) mass is 328 g/mol. The third-order valence-electron chi connectivity index (χ3n) is 4.21. The minimum atomic E-state index is -0.152. The van der Waals surface area contributed by atoms with Crippen molar-refractivity contribution in [2.45, 2.75) is 38.1 Å². The van der Waals surface area contributed by atoms with Crippen LogP contribution in [0.25, 0.3) is 0 Å². The van der Waals surface area contributed by atoms with E-state index in [4.69, 9.17) is 11.6 Å². The summed E-state index contributed by atoms with van der Waals surface area (Å²) in [4.78, 5) is 12.2. The average molecular weight is 329 g/mol. The maximum atomic E-state index is 12.2. The summed E-state index contributed by atoms with van der Waals surface area (Å²) in [6.07, 6.45) is 6.46. The molecule has 3 rings (SSSR count). The molecule has 0 heterocycles. The highest BCUT2D eigenvalue weighted by atomic mass is 35.5. The first-order valence-corrected chi connectivity index (χ1v) is 8.52. The van der Waals surface area contributed by atoms with Gasteiger partial charge in [0.05, 0.1) is 0 Å². The second kappa shape index (κ2) is 7.51. The fourth-order valence-electron chi connectivity index (χ4n) is 2.97. The first kappa shape index (κ1) is 15.9. The number of carbonyl (C=O) groups excluding carboxylic acids is 1. The van der Waals surface area contributed by atoms with E-state index < -0.39 is 0 Å². The number of carbonyl (C=O) groups is 1. The lowest BCUT2D eigenvalue weighted by atomic mass is 9.95. The van der Waals surface area contributed by atoms with E-state index in [0.29, 0.717) is 16.6 Å². The molecule has 1 aliphatic rings. The van der Waals surface area contributed by atoms with Crippen LogP contribution in [0.3, 0.4) is 0 Å². The molecule has 0 saturated heterocycles. The van der Waals surface area contributed by atoms with Crippen LogP contribution < -0.4 is 10.6 Å². The van der Waals surface area contributed by atoms with E-state index >= 15 is 0 Å². The van der Waals surface area contributed by atoms with Crippen LogP contribution in [-0.2, 0) is 0 Å². The number of rotatable bonds is 4. The van der Waals surface area contributed by atoms with E-state index in [-0.39, 0.29) is 5.91 Å². The Hall–Kier alpha value is -2.00. The van der Waals surface area contributed by atoms with Crippen molar-refractivity contribution in [1.82, 2.24) is 0 Å². The van der Waals surface area contributed by atoms with Crippen LogP contribution in [-0.4, -0.2) is 11.9 Å². The van der Waals surface area contributed by atoms with Gasteiger partial charge in [0.1, 0.15) is 0 Å². The van der Waals surface area contributed by atoms with Gasteiger partial charge in [-0.1, -0.05) is 36.9 Å². The zero-order valence-corrected chi connectivity index (χ0v) is 13.8. The zero-order chi connectivity index (χ0) is 16.1. The van der Waals surface area contributed by atoms with E-state index in [2.05, 4.69) is 10.6 Å². The van der Waals surface area contributed by atoms with E-state index in [1.54, 1.807) is 24.3 Å². The molecule has 0 radical (unpaired) electrons. The number of hydrogen-bond donors (Lipinski definition) is 2. The van der Waals surface area contributed by atoms with Gasteiger partial charge in [-0.3, -0.25) is 4.79 Å². The first-order valence-electron chi connectivity index (χ1n) is 8.14. The quantitative estimate of drug-likeness (QED) is 0.795. The summed E-state index contributed by atoms with van der Waals surface area (Å²) in [5.74, 6) is -0.152. The zero-order valence-electron chi connectivity index (χ0n) is 13.0. The van der Waals surface area contributed by atoms with Gasteiger partial charge in [-0.05, 0) is 55.3 Å². The Bertz CT molecular complexity index is 663. The van der Waals surface area contributed by atoms with Crippen molar-refractivity contribution in [3.8, 4) is 0 Å². The van der Waals surface area contributed by atoms with Crippen LogP contribution in [0.5, 0.6) is 0 Å². The van der Waals surface area contributed by atoms with Gasteiger partial charge in [0.25, 0.3) is 5.91 Å². The molecular formula is C19H21ClN2O. The summed E-state index contributed by atoms with van der Waals surface area (Å²) in [5.41, 5.74) is 2.45. The predicted octanol–water partition coefficient (Wildman–Crippen LogP) is 5.34. The topological polar surface area (TPSA) is 41.1 Å². The average Bonchev–Trinajstić information content (AvgIpc) is 2.57. The van der Waals surface area contributed by atoms with E-state index in [9.17, 15) is 4.79 Å². The molecule has 0 aliphatic heterocycles. The third-order valence-corrected chi connectivity index (χ3v) is 4.44. The molecule has 0 aromatic heterocycles. The standard InChI is InChI=1S/C19H21ClN2O/c20-15-6-4-5-14(13-15)19(23)22-18-11-9-17(10-12-18)21-16-7-2-1-3-8-16/h4-6,9-13,16,21H,1-3,7-8H2,(H,22,23). The molecule has 1 fully saturated rings. The Morgan fingerprint density at radius 2 is 1.65 bits per heavy atom. The Balaban J connectivity index is 1.59. The summed E-state index contributed by atoms with van der Waals surface area (Å²) in [6, 6.07) is 15.4. The number of anilines is 2. The van der Waals surface area contributed by atoms with Gasteiger partial charge in [-0.25, -0.2) is 0 Å².